The van der Waals surface area contributed by atoms with Gasteiger partial charge in [0, 0.05) is 6.20 Å². The van der Waals surface area contributed by atoms with E-state index in [0.717, 1.165) is 23.9 Å². The first-order chi connectivity index (χ1) is 9.40. The summed E-state index contributed by atoms with van der Waals surface area (Å²) in [7, 11) is 0. The number of hydrazine groups is 1. The van der Waals surface area contributed by atoms with Crippen LogP contribution in [-0.2, 0) is 6.18 Å². The summed E-state index contributed by atoms with van der Waals surface area (Å²) in [4.78, 5) is 7.91. The van der Waals surface area contributed by atoms with Crippen LogP contribution < -0.4 is 11.3 Å². The molecule has 0 aliphatic carbocycles. The summed E-state index contributed by atoms with van der Waals surface area (Å²) < 4.78 is 38.3. The molecule has 0 saturated heterocycles. The second-order valence-electron chi connectivity index (χ2n) is 3.61. The third kappa shape index (κ3) is 3.53. The van der Waals surface area contributed by atoms with Gasteiger partial charge in [-0.05, 0) is 36.0 Å². The Labute approximate surface area is 121 Å². The van der Waals surface area contributed by atoms with Crippen LogP contribution >= 0.6 is 23.4 Å². The molecule has 9 heteroatoms. The first-order valence-electron chi connectivity index (χ1n) is 5.24. The highest BCUT2D eigenvalue weighted by Gasteiger charge is 2.31. The number of nitrogens with two attached hydrogens (primary N) is 1. The molecule has 106 valence electrons. The van der Waals surface area contributed by atoms with Crippen LogP contribution in [0.3, 0.4) is 0 Å². The van der Waals surface area contributed by atoms with Crippen molar-refractivity contribution in [3.63, 3.8) is 0 Å². The minimum absolute atomic E-state index is 0.0885. The lowest BCUT2D eigenvalue weighted by molar-refractivity contribution is -0.137. The van der Waals surface area contributed by atoms with Crippen molar-refractivity contribution in [1.82, 2.24) is 9.97 Å². The van der Waals surface area contributed by atoms with Gasteiger partial charge < -0.3 is 5.43 Å². The summed E-state index contributed by atoms with van der Waals surface area (Å²) in [5.41, 5.74) is 1.25. The van der Waals surface area contributed by atoms with Crippen LogP contribution in [-0.4, -0.2) is 9.97 Å². The predicted octanol–water partition coefficient (Wildman–Crippen LogP) is 3.59. The van der Waals surface area contributed by atoms with Crippen LogP contribution in [0, 0.1) is 0 Å². The standard InChI is InChI=1S/C11H8ClF3N4S/c12-7-2-1-3-17-10(7)20-9-5-6(11(13,14)15)4-8(18-9)19-16/h1-5H,16H2,(H,18,19). The number of rotatable bonds is 3. The van der Waals surface area contributed by atoms with Crippen molar-refractivity contribution in [3.05, 3.63) is 41.0 Å². The number of aromatic nitrogens is 2. The van der Waals surface area contributed by atoms with Gasteiger partial charge in [-0.15, -0.1) is 0 Å². The average molecular weight is 321 g/mol. The van der Waals surface area contributed by atoms with E-state index in [9.17, 15) is 13.2 Å². The molecular formula is C11H8ClF3N4S. The monoisotopic (exact) mass is 320 g/mol. The van der Waals surface area contributed by atoms with Crippen LogP contribution in [0.5, 0.6) is 0 Å². The van der Waals surface area contributed by atoms with E-state index in [1.54, 1.807) is 12.1 Å². The normalized spacial score (nSPS) is 11.4. The molecule has 4 nitrogen and oxygen atoms in total. The molecule has 0 aliphatic rings. The molecule has 0 bridgehead atoms. The molecule has 0 amide bonds. The van der Waals surface area contributed by atoms with Crippen molar-refractivity contribution in [2.24, 2.45) is 5.84 Å². The van der Waals surface area contributed by atoms with Crippen molar-refractivity contribution in [1.29, 1.82) is 0 Å². The minimum Gasteiger partial charge on any atom is -0.308 e. The van der Waals surface area contributed by atoms with Crippen LogP contribution in [0.25, 0.3) is 0 Å². The van der Waals surface area contributed by atoms with Gasteiger partial charge in [0.15, 0.2) is 0 Å². The summed E-state index contributed by atoms with van der Waals surface area (Å²) in [6.07, 6.45) is -3.00. The summed E-state index contributed by atoms with van der Waals surface area (Å²) >= 11 is 6.83. The van der Waals surface area contributed by atoms with Crippen molar-refractivity contribution in [2.45, 2.75) is 16.2 Å². The minimum atomic E-state index is -4.49. The van der Waals surface area contributed by atoms with Crippen molar-refractivity contribution < 1.29 is 13.2 Å². The molecule has 0 aliphatic heterocycles. The highest BCUT2D eigenvalue weighted by molar-refractivity contribution is 7.99. The fraction of sp³-hybridized carbons (Fsp3) is 0.0909. The zero-order chi connectivity index (χ0) is 14.8. The van der Waals surface area contributed by atoms with Crippen LogP contribution in [0.2, 0.25) is 5.02 Å². The van der Waals surface area contributed by atoms with E-state index in [-0.39, 0.29) is 10.8 Å². The molecule has 0 spiro atoms. The summed E-state index contributed by atoms with van der Waals surface area (Å²) in [5.74, 6) is 5.03. The third-order valence-corrected chi connectivity index (χ3v) is 3.56. The van der Waals surface area contributed by atoms with E-state index >= 15 is 0 Å². The lowest BCUT2D eigenvalue weighted by Gasteiger charge is -2.10. The molecule has 2 aromatic heterocycles. The number of nitrogen functional groups attached to an aromatic ring is 1. The van der Waals surface area contributed by atoms with Crippen molar-refractivity contribution >= 4 is 29.2 Å². The number of pyridine rings is 2. The maximum Gasteiger partial charge on any atom is 0.416 e. The molecule has 2 rings (SSSR count). The van der Waals surface area contributed by atoms with Gasteiger partial charge in [-0.3, -0.25) is 0 Å². The maximum absolute atomic E-state index is 12.8. The fourth-order valence-electron chi connectivity index (χ4n) is 1.34. The number of hydrogen-bond acceptors (Lipinski definition) is 5. The average Bonchev–Trinajstić information content (AvgIpc) is 2.40. The number of alkyl halides is 3. The third-order valence-electron chi connectivity index (χ3n) is 2.20. The van der Waals surface area contributed by atoms with E-state index in [4.69, 9.17) is 17.4 Å². The number of anilines is 1. The lowest BCUT2D eigenvalue weighted by atomic mass is 10.2. The molecule has 0 radical (unpaired) electrons. The number of nitrogens with zero attached hydrogens (tertiary/aromatic N) is 2. The van der Waals surface area contributed by atoms with E-state index in [2.05, 4.69) is 15.4 Å². The quantitative estimate of drug-likeness (QED) is 0.668. The summed E-state index contributed by atoms with van der Waals surface area (Å²) in [6.45, 7) is 0. The SMILES string of the molecule is NNc1cc(C(F)(F)F)cc(Sc2ncccc2Cl)n1. The Morgan fingerprint density at radius 3 is 2.65 bits per heavy atom. The molecule has 0 unspecified atom stereocenters. The highest BCUT2D eigenvalue weighted by Crippen LogP contribution is 2.36. The maximum atomic E-state index is 12.8. The second kappa shape index (κ2) is 5.86. The van der Waals surface area contributed by atoms with Gasteiger partial charge >= 0.3 is 6.18 Å². The fourth-order valence-corrected chi connectivity index (χ4v) is 2.38. The van der Waals surface area contributed by atoms with Gasteiger partial charge in [0.25, 0.3) is 0 Å². The molecule has 0 fully saturated rings. The second-order valence-corrected chi connectivity index (χ2v) is 5.03. The van der Waals surface area contributed by atoms with Gasteiger partial charge in [-0.25, -0.2) is 15.8 Å². The van der Waals surface area contributed by atoms with Gasteiger partial charge in [0.05, 0.1) is 10.6 Å². The van der Waals surface area contributed by atoms with E-state index in [0.29, 0.717) is 10.0 Å². The Morgan fingerprint density at radius 2 is 2.05 bits per heavy atom. The van der Waals surface area contributed by atoms with Gasteiger partial charge in [-0.1, -0.05) is 11.6 Å². The highest BCUT2D eigenvalue weighted by atomic mass is 35.5. The first-order valence-corrected chi connectivity index (χ1v) is 6.44. The molecule has 0 atom stereocenters. The number of hydrogen-bond donors (Lipinski definition) is 2. The number of nitrogens with one attached hydrogen (secondary N) is 1. The zero-order valence-electron chi connectivity index (χ0n) is 9.78. The molecular weight excluding hydrogens is 313 g/mol. The Kier molecular flexibility index (Phi) is 4.36. The zero-order valence-corrected chi connectivity index (χ0v) is 11.4. The van der Waals surface area contributed by atoms with Crippen LogP contribution in [0.1, 0.15) is 5.56 Å². The van der Waals surface area contributed by atoms with Gasteiger partial charge in [0.1, 0.15) is 15.9 Å². The molecule has 3 N–H and O–H groups in total. The largest absolute Gasteiger partial charge is 0.416 e. The Hall–Kier alpha value is -1.51. The summed E-state index contributed by atoms with van der Waals surface area (Å²) in [5, 5.41) is 0.788. The molecule has 2 heterocycles. The predicted molar refractivity (Wildman–Crippen MR) is 70.4 cm³/mol. The molecule has 2 aromatic rings. The first kappa shape index (κ1) is 14.9. The van der Waals surface area contributed by atoms with Crippen LogP contribution in [0.15, 0.2) is 40.5 Å². The number of halogens is 4. The Morgan fingerprint density at radius 1 is 1.30 bits per heavy atom. The van der Waals surface area contributed by atoms with E-state index in [1.807, 2.05) is 0 Å². The van der Waals surface area contributed by atoms with Crippen LogP contribution in [0.4, 0.5) is 19.0 Å². The smallest absolute Gasteiger partial charge is 0.308 e. The molecule has 0 aromatic carbocycles. The van der Waals surface area contributed by atoms with Gasteiger partial charge in [0.2, 0.25) is 0 Å². The van der Waals surface area contributed by atoms with Crippen molar-refractivity contribution in [2.75, 3.05) is 5.43 Å². The van der Waals surface area contributed by atoms with E-state index < -0.39 is 11.7 Å². The molecule has 20 heavy (non-hydrogen) atoms. The summed E-state index contributed by atoms with van der Waals surface area (Å²) in [6, 6.07) is 4.95. The lowest BCUT2D eigenvalue weighted by Crippen LogP contribution is -2.12. The Bertz CT molecular complexity index is 621. The topological polar surface area (TPSA) is 63.8 Å². The van der Waals surface area contributed by atoms with Crippen molar-refractivity contribution in [3.8, 4) is 0 Å². The molecule has 0 saturated carbocycles. The Balaban J connectivity index is 2.39. The van der Waals surface area contributed by atoms with E-state index in [1.165, 1.54) is 6.20 Å². The van der Waals surface area contributed by atoms with Gasteiger partial charge in [-0.2, -0.15) is 13.2 Å².